The number of ether oxygens (including phenoxy) is 2. The average molecular weight is 298 g/mol. The third kappa shape index (κ3) is 3.95. The molecular formula is C13H16BrNO2. The third-order valence-corrected chi connectivity index (χ3v) is 2.76. The molecule has 0 aliphatic heterocycles. The smallest absolute Gasteiger partial charge is 0.176 e. The Kier molecular flexibility index (Phi) is 5.88. The highest BCUT2D eigenvalue weighted by molar-refractivity contribution is 9.10. The molecule has 0 atom stereocenters. The molecule has 17 heavy (non-hydrogen) atoms. The number of hydrogen-bond acceptors (Lipinski definition) is 3. The molecule has 0 amide bonds. The van der Waals surface area contributed by atoms with Crippen LogP contribution in [0.3, 0.4) is 0 Å². The van der Waals surface area contributed by atoms with Gasteiger partial charge in [-0.1, -0.05) is 12.8 Å². The third-order valence-electron chi connectivity index (χ3n) is 2.17. The standard InChI is InChI=1S/C13H16BrNO2/c1-4-6-17-13-11(14)7-10(9-15-5-2)8-12(13)16-3/h1,7-8,15H,5-6,9H2,2-3H3. The van der Waals surface area contributed by atoms with Crippen molar-refractivity contribution in [1.82, 2.24) is 5.32 Å². The molecule has 0 aliphatic rings. The summed E-state index contributed by atoms with van der Waals surface area (Å²) in [4.78, 5) is 0. The van der Waals surface area contributed by atoms with Crippen LogP contribution in [0.25, 0.3) is 0 Å². The van der Waals surface area contributed by atoms with Gasteiger partial charge in [0.2, 0.25) is 0 Å². The van der Waals surface area contributed by atoms with Crippen LogP contribution in [0.2, 0.25) is 0 Å². The molecule has 0 unspecified atom stereocenters. The predicted molar refractivity (Wildman–Crippen MR) is 72.4 cm³/mol. The summed E-state index contributed by atoms with van der Waals surface area (Å²) < 4.78 is 11.6. The molecule has 0 bridgehead atoms. The quantitative estimate of drug-likeness (QED) is 0.819. The maximum atomic E-state index is 5.44. The van der Waals surface area contributed by atoms with E-state index in [0.717, 1.165) is 23.1 Å². The van der Waals surface area contributed by atoms with Crippen molar-refractivity contribution >= 4 is 15.9 Å². The Balaban J connectivity index is 2.95. The second-order valence-corrected chi connectivity index (χ2v) is 4.24. The van der Waals surface area contributed by atoms with E-state index in [9.17, 15) is 0 Å². The zero-order chi connectivity index (χ0) is 12.7. The van der Waals surface area contributed by atoms with E-state index in [0.29, 0.717) is 11.5 Å². The molecule has 0 heterocycles. The van der Waals surface area contributed by atoms with Crippen molar-refractivity contribution in [1.29, 1.82) is 0 Å². The van der Waals surface area contributed by atoms with E-state index >= 15 is 0 Å². The average Bonchev–Trinajstić information content (AvgIpc) is 2.34. The summed E-state index contributed by atoms with van der Waals surface area (Å²) in [6, 6.07) is 3.94. The van der Waals surface area contributed by atoms with Crippen LogP contribution in [-0.4, -0.2) is 20.3 Å². The van der Waals surface area contributed by atoms with E-state index in [1.807, 2.05) is 12.1 Å². The Bertz CT molecular complexity index is 413. The van der Waals surface area contributed by atoms with Gasteiger partial charge in [-0.15, -0.1) is 6.42 Å². The summed E-state index contributed by atoms with van der Waals surface area (Å²) in [5, 5.41) is 3.26. The van der Waals surface area contributed by atoms with Gasteiger partial charge in [0, 0.05) is 6.54 Å². The molecule has 1 aromatic rings. The highest BCUT2D eigenvalue weighted by Crippen LogP contribution is 2.36. The summed E-state index contributed by atoms with van der Waals surface area (Å²) in [7, 11) is 1.61. The number of terminal acetylenes is 1. The minimum Gasteiger partial charge on any atom is -0.493 e. The first-order valence-corrected chi connectivity index (χ1v) is 6.15. The summed E-state index contributed by atoms with van der Waals surface area (Å²) in [6.45, 7) is 4.01. The molecule has 1 N–H and O–H groups in total. The lowest BCUT2D eigenvalue weighted by atomic mass is 10.2. The SMILES string of the molecule is C#CCOc1c(Br)cc(CNCC)cc1OC. The number of halogens is 1. The fourth-order valence-electron chi connectivity index (χ4n) is 1.40. The fourth-order valence-corrected chi connectivity index (χ4v) is 2.00. The van der Waals surface area contributed by atoms with Crippen LogP contribution in [0.15, 0.2) is 16.6 Å². The van der Waals surface area contributed by atoms with Crippen LogP contribution in [0, 0.1) is 12.3 Å². The first kappa shape index (κ1) is 13.9. The second kappa shape index (κ2) is 7.21. The summed E-state index contributed by atoms with van der Waals surface area (Å²) in [5.74, 6) is 3.76. The van der Waals surface area contributed by atoms with Gasteiger partial charge >= 0.3 is 0 Å². The van der Waals surface area contributed by atoms with Gasteiger partial charge in [0.1, 0.15) is 6.61 Å². The Morgan fingerprint density at radius 1 is 1.47 bits per heavy atom. The van der Waals surface area contributed by atoms with Crippen LogP contribution in [-0.2, 0) is 6.54 Å². The molecule has 1 aromatic carbocycles. The minimum absolute atomic E-state index is 0.224. The molecule has 0 fully saturated rings. The number of rotatable bonds is 6. The van der Waals surface area contributed by atoms with E-state index in [2.05, 4.69) is 34.1 Å². The van der Waals surface area contributed by atoms with Crippen molar-refractivity contribution in [2.45, 2.75) is 13.5 Å². The highest BCUT2D eigenvalue weighted by atomic mass is 79.9. The van der Waals surface area contributed by atoms with Crippen LogP contribution in [0.1, 0.15) is 12.5 Å². The van der Waals surface area contributed by atoms with Crippen molar-refractivity contribution < 1.29 is 9.47 Å². The second-order valence-electron chi connectivity index (χ2n) is 3.38. The van der Waals surface area contributed by atoms with Gasteiger partial charge in [-0.3, -0.25) is 0 Å². The molecule has 0 aliphatic carbocycles. The van der Waals surface area contributed by atoms with Gasteiger partial charge < -0.3 is 14.8 Å². The molecule has 0 radical (unpaired) electrons. The number of methoxy groups -OCH3 is 1. The van der Waals surface area contributed by atoms with Crippen molar-refractivity contribution in [3.63, 3.8) is 0 Å². The molecular weight excluding hydrogens is 282 g/mol. The van der Waals surface area contributed by atoms with Gasteiger partial charge in [0.05, 0.1) is 11.6 Å². The lowest BCUT2D eigenvalue weighted by molar-refractivity contribution is 0.328. The Labute approximate surface area is 111 Å². The lowest BCUT2D eigenvalue weighted by Crippen LogP contribution is -2.12. The van der Waals surface area contributed by atoms with Crippen LogP contribution in [0.5, 0.6) is 11.5 Å². The van der Waals surface area contributed by atoms with E-state index in [1.165, 1.54) is 0 Å². The van der Waals surface area contributed by atoms with Crippen molar-refractivity contribution in [3.8, 4) is 23.8 Å². The fraction of sp³-hybridized carbons (Fsp3) is 0.385. The summed E-state index contributed by atoms with van der Waals surface area (Å²) in [5.41, 5.74) is 1.13. The van der Waals surface area contributed by atoms with Crippen molar-refractivity contribution in [2.75, 3.05) is 20.3 Å². The molecule has 0 aromatic heterocycles. The number of benzene rings is 1. The Morgan fingerprint density at radius 2 is 2.24 bits per heavy atom. The molecule has 92 valence electrons. The van der Waals surface area contributed by atoms with Gasteiger partial charge in [-0.25, -0.2) is 0 Å². The highest BCUT2D eigenvalue weighted by Gasteiger charge is 2.11. The van der Waals surface area contributed by atoms with Gasteiger partial charge in [-0.05, 0) is 40.2 Å². The predicted octanol–water partition coefficient (Wildman–Crippen LogP) is 2.58. The Morgan fingerprint density at radius 3 is 2.82 bits per heavy atom. The molecule has 0 spiro atoms. The number of hydrogen-bond donors (Lipinski definition) is 1. The van der Waals surface area contributed by atoms with Gasteiger partial charge in [0.25, 0.3) is 0 Å². The van der Waals surface area contributed by atoms with Crippen LogP contribution >= 0.6 is 15.9 Å². The van der Waals surface area contributed by atoms with Gasteiger partial charge in [0.15, 0.2) is 11.5 Å². The topological polar surface area (TPSA) is 30.5 Å². The molecule has 0 saturated carbocycles. The van der Waals surface area contributed by atoms with Crippen LogP contribution in [0.4, 0.5) is 0 Å². The first-order chi connectivity index (χ1) is 8.22. The lowest BCUT2D eigenvalue weighted by Gasteiger charge is -2.13. The maximum Gasteiger partial charge on any atom is 0.176 e. The zero-order valence-corrected chi connectivity index (χ0v) is 11.6. The van der Waals surface area contributed by atoms with Crippen LogP contribution < -0.4 is 14.8 Å². The van der Waals surface area contributed by atoms with E-state index in [1.54, 1.807) is 7.11 Å². The van der Waals surface area contributed by atoms with E-state index in [-0.39, 0.29) is 6.61 Å². The normalized spacial score (nSPS) is 9.76. The Hall–Kier alpha value is -1.18. The first-order valence-electron chi connectivity index (χ1n) is 5.36. The molecule has 3 nitrogen and oxygen atoms in total. The van der Waals surface area contributed by atoms with Crippen molar-refractivity contribution in [2.24, 2.45) is 0 Å². The minimum atomic E-state index is 0.224. The molecule has 1 rings (SSSR count). The van der Waals surface area contributed by atoms with Gasteiger partial charge in [-0.2, -0.15) is 0 Å². The number of nitrogens with one attached hydrogen (secondary N) is 1. The maximum absolute atomic E-state index is 5.44. The molecule has 4 heteroatoms. The van der Waals surface area contributed by atoms with E-state index in [4.69, 9.17) is 15.9 Å². The monoisotopic (exact) mass is 297 g/mol. The summed E-state index contributed by atoms with van der Waals surface area (Å²) >= 11 is 3.46. The largest absolute Gasteiger partial charge is 0.493 e. The molecule has 0 saturated heterocycles. The van der Waals surface area contributed by atoms with E-state index < -0.39 is 0 Å². The summed E-state index contributed by atoms with van der Waals surface area (Å²) in [6.07, 6.45) is 5.17. The zero-order valence-electron chi connectivity index (χ0n) is 10.0. The van der Waals surface area contributed by atoms with Crippen molar-refractivity contribution in [3.05, 3.63) is 22.2 Å².